The van der Waals surface area contributed by atoms with Crippen LogP contribution in [-0.4, -0.2) is 75.3 Å². The molecule has 0 saturated carbocycles. The van der Waals surface area contributed by atoms with Crippen LogP contribution in [0, 0.1) is 0 Å². The molecule has 1 aliphatic carbocycles. The normalized spacial score (nSPS) is 16.3. The summed E-state index contributed by atoms with van der Waals surface area (Å²) in [6, 6.07) is 15.3. The van der Waals surface area contributed by atoms with Crippen molar-refractivity contribution in [1.82, 2.24) is 15.5 Å². The van der Waals surface area contributed by atoms with Crippen molar-refractivity contribution < 1.29 is 33.2 Å². The van der Waals surface area contributed by atoms with Crippen molar-refractivity contribution in [3.05, 3.63) is 71.7 Å². The molecular formula is C26H28BN3O7. The van der Waals surface area contributed by atoms with Crippen molar-refractivity contribution in [1.29, 1.82) is 0 Å². The van der Waals surface area contributed by atoms with Crippen LogP contribution in [0.15, 0.2) is 60.6 Å². The van der Waals surface area contributed by atoms with Crippen LogP contribution in [-0.2, 0) is 28.4 Å². The second-order valence-corrected chi connectivity index (χ2v) is 9.03. The number of alkyl carbamates (subject to hydrolysis) is 1. The van der Waals surface area contributed by atoms with Gasteiger partial charge in [0.15, 0.2) is 0 Å². The third-order valence-electron chi connectivity index (χ3n) is 6.25. The highest BCUT2D eigenvalue weighted by Gasteiger charge is 2.37. The molecule has 1 saturated heterocycles. The minimum atomic E-state index is -1.32. The average molecular weight is 505 g/mol. The van der Waals surface area contributed by atoms with E-state index in [1.54, 1.807) is 14.0 Å². The topological polar surface area (TPSA) is 123 Å². The molecule has 2 aliphatic rings. The van der Waals surface area contributed by atoms with Gasteiger partial charge in [0.1, 0.15) is 13.2 Å². The van der Waals surface area contributed by atoms with Crippen molar-refractivity contribution in [3.8, 4) is 11.1 Å². The molecule has 0 radical (unpaired) electrons. The first-order valence-electron chi connectivity index (χ1n) is 11.9. The summed E-state index contributed by atoms with van der Waals surface area (Å²) in [7, 11) is 0.267. The van der Waals surface area contributed by atoms with Crippen LogP contribution in [0.25, 0.3) is 11.1 Å². The lowest BCUT2D eigenvalue weighted by molar-refractivity contribution is -0.145. The Bertz CT molecular complexity index is 1170. The summed E-state index contributed by atoms with van der Waals surface area (Å²) in [6.45, 7) is 5.02. The Morgan fingerprint density at radius 1 is 1.05 bits per heavy atom. The van der Waals surface area contributed by atoms with E-state index in [1.165, 1.54) is 4.90 Å². The highest BCUT2D eigenvalue weighted by molar-refractivity contribution is 6.57. The second-order valence-electron chi connectivity index (χ2n) is 9.03. The molecule has 2 aromatic carbocycles. The van der Waals surface area contributed by atoms with Crippen molar-refractivity contribution in [3.63, 3.8) is 0 Å². The maximum absolute atomic E-state index is 12.4. The number of hydrogen-bond acceptors (Lipinski definition) is 8. The first kappa shape index (κ1) is 26.0. The molecular weight excluding hydrogens is 477 g/mol. The van der Waals surface area contributed by atoms with E-state index in [1.807, 2.05) is 48.5 Å². The van der Waals surface area contributed by atoms with Crippen LogP contribution in [0.4, 0.5) is 4.79 Å². The molecule has 0 aromatic heterocycles. The fourth-order valence-electron chi connectivity index (χ4n) is 4.38. The zero-order valence-electron chi connectivity index (χ0n) is 20.7. The number of benzene rings is 2. The minimum Gasteiger partial charge on any atom is -0.494 e. The van der Waals surface area contributed by atoms with Gasteiger partial charge >= 0.3 is 25.2 Å². The standard InChI is InChI=1S/C26H28BN3O7/c1-16(27-36-24(32)13-30(3)14-25(33)37-27)17(2)29-23(31)12-28-26(34)35-15-22-20-10-6-4-8-18(20)19-9-5-7-11-21(19)22/h4-11,17,22H,1,12-15H2,2-3H3,(H,28,34)(H,29,31)/t17-/m0/s1. The summed E-state index contributed by atoms with van der Waals surface area (Å²) in [5.74, 6) is -1.79. The molecule has 37 heavy (non-hydrogen) atoms. The molecule has 1 heterocycles. The number of amides is 2. The van der Waals surface area contributed by atoms with E-state index < -0.39 is 37.1 Å². The summed E-state index contributed by atoms with van der Waals surface area (Å²) in [5, 5.41) is 5.06. The minimum absolute atomic E-state index is 0.0797. The lowest BCUT2D eigenvalue weighted by Gasteiger charge is -2.25. The molecule has 4 rings (SSSR count). The zero-order valence-corrected chi connectivity index (χ0v) is 20.7. The molecule has 11 heteroatoms. The molecule has 1 aliphatic heterocycles. The van der Waals surface area contributed by atoms with E-state index >= 15 is 0 Å². The van der Waals surface area contributed by atoms with Crippen molar-refractivity contribution in [2.45, 2.75) is 18.9 Å². The summed E-state index contributed by atoms with van der Waals surface area (Å²) in [4.78, 5) is 50.0. The van der Waals surface area contributed by atoms with Crippen LogP contribution in [0.3, 0.4) is 0 Å². The fraction of sp³-hybridized carbons (Fsp3) is 0.308. The van der Waals surface area contributed by atoms with Gasteiger partial charge in [0.2, 0.25) is 5.91 Å². The largest absolute Gasteiger partial charge is 0.633 e. The lowest BCUT2D eigenvalue weighted by Crippen LogP contribution is -2.48. The Morgan fingerprint density at radius 3 is 2.16 bits per heavy atom. The molecule has 2 amide bonds. The molecule has 0 spiro atoms. The van der Waals surface area contributed by atoms with Gasteiger partial charge in [-0.15, -0.1) is 0 Å². The Labute approximate surface area is 215 Å². The lowest BCUT2D eigenvalue weighted by atomic mass is 9.75. The van der Waals surface area contributed by atoms with E-state index in [0.29, 0.717) is 0 Å². The molecule has 2 aromatic rings. The van der Waals surface area contributed by atoms with Crippen LogP contribution in [0.2, 0.25) is 0 Å². The summed E-state index contributed by atoms with van der Waals surface area (Å²) < 4.78 is 15.8. The first-order chi connectivity index (χ1) is 17.7. The van der Waals surface area contributed by atoms with Gasteiger partial charge in [0.05, 0.1) is 13.1 Å². The van der Waals surface area contributed by atoms with Crippen molar-refractivity contribution in [2.75, 3.05) is 33.3 Å². The Hall–Kier alpha value is -4.12. The molecule has 10 nitrogen and oxygen atoms in total. The second kappa shape index (κ2) is 11.3. The number of nitrogens with zero attached hydrogens (tertiary/aromatic N) is 1. The van der Waals surface area contributed by atoms with Crippen LogP contribution >= 0.6 is 0 Å². The number of carbonyl (C=O) groups is 4. The van der Waals surface area contributed by atoms with E-state index in [0.717, 1.165) is 22.3 Å². The van der Waals surface area contributed by atoms with Gasteiger partial charge in [-0.2, -0.15) is 0 Å². The van der Waals surface area contributed by atoms with Gasteiger partial charge in [0.25, 0.3) is 0 Å². The quantitative estimate of drug-likeness (QED) is 0.545. The van der Waals surface area contributed by atoms with E-state index in [-0.39, 0.29) is 37.6 Å². The Balaban J connectivity index is 1.25. The number of likely N-dealkylation sites (N-methyl/N-ethyl adjacent to an activating group) is 1. The third-order valence-corrected chi connectivity index (χ3v) is 6.25. The van der Waals surface area contributed by atoms with Gasteiger partial charge in [-0.05, 0) is 36.2 Å². The Morgan fingerprint density at radius 2 is 1.59 bits per heavy atom. The number of carbonyl (C=O) groups excluding carboxylic acids is 4. The average Bonchev–Trinajstić information content (AvgIpc) is 3.18. The maximum atomic E-state index is 12.4. The van der Waals surface area contributed by atoms with Gasteiger partial charge in [-0.1, -0.05) is 55.1 Å². The van der Waals surface area contributed by atoms with Crippen LogP contribution in [0.1, 0.15) is 24.0 Å². The zero-order chi connectivity index (χ0) is 26.5. The fourth-order valence-corrected chi connectivity index (χ4v) is 4.38. The van der Waals surface area contributed by atoms with E-state index in [9.17, 15) is 19.2 Å². The predicted octanol–water partition coefficient (Wildman–Crippen LogP) is 1.65. The number of ether oxygens (including phenoxy) is 1. The molecule has 0 bridgehead atoms. The Kier molecular flexibility index (Phi) is 7.93. The summed E-state index contributed by atoms with van der Waals surface area (Å²) in [6.07, 6.45) is -0.726. The molecule has 0 unspecified atom stereocenters. The monoisotopic (exact) mass is 505 g/mol. The van der Waals surface area contributed by atoms with Crippen LogP contribution in [0.5, 0.6) is 0 Å². The molecule has 1 atom stereocenters. The van der Waals surface area contributed by atoms with Gasteiger partial charge in [-0.3, -0.25) is 19.3 Å². The highest BCUT2D eigenvalue weighted by Crippen LogP contribution is 2.44. The van der Waals surface area contributed by atoms with E-state index in [2.05, 4.69) is 17.2 Å². The summed E-state index contributed by atoms with van der Waals surface area (Å²) >= 11 is 0. The van der Waals surface area contributed by atoms with Crippen molar-refractivity contribution in [2.24, 2.45) is 0 Å². The van der Waals surface area contributed by atoms with Gasteiger partial charge in [0, 0.05) is 17.4 Å². The SMILES string of the molecule is C=C(B1OC(=O)CN(C)CC(=O)O1)[C@H](C)NC(=O)CNC(=O)OCC1c2ccccc2-c2ccccc21. The van der Waals surface area contributed by atoms with Crippen LogP contribution < -0.4 is 10.6 Å². The molecule has 192 valence electrons. The van der Waals surface area contributed by atoms with Gasteiger partial charge in [-0.25, -0.2) is 4.79 Å². The smallest absolute Gasteiger partial charge is 0.494 e. The van der Waals surface area contributed by atoms with Crippen molar-refractivity contribution >= 4 is 31.1 Å². The molecule has 1 fully saturated rings. The highest BCUT2D eigenvalue weighted by atomic mass is 16.6. The number of rotatable bonds is 7. The molecule has 2 N–H and O–H groups in total. The maximum Gasteiger partial charge on any atom is 0.633 e. The summed E-state index contributed by atoms with van der Waals surface area (Å²) in [5.41, 5.74) is 4.59. The van der Waals surface area contributed by atoms with E-state index in [4.69, 9.17) is 14.0 Å². The number of hydrogen-bond donors (Lipinski definition) is 2. The van der Waals surface area contributed by atoms with Gasteiger partial charge < -0.3 is 24.7 Å². The third kappa shape index (κ3) is 6.18. The number of nitrogens with one attached hydrogen (secondary N) is 2. The number of fused-ring (bicyclic) bond motifs is 3. The predicted molar refractivity (Wildman–Crippen MR) is 135 cm³/mol. The first-order valence-corrected chi connectivity index (χ1v) is 11.9.